The van der Waals surface area contributed by atoms with Crippen LogP contribution in [0, 0.1) is 0 Å². The van der Waals surface area contributed by atoms with E-state index in [1.807, 2.05) is 0 Å². The van der Waals surface area contributed by atoms with Crippen molar-refractivity contribution in [2.75, 3.05) is 13.6 Å². The van der Waals surface area contributed by atoms with Crippen molar-refractivity contribution in [3.63, 3.8) is 0 Å². The van der Waals surface area contributed by atoms with Crippen LogP contribution in [0.5, 0.6) is 0 Å². The van der Waals surface area contributed by atoms with Crippen LogP contribution >= 0.6 is 0 Å². The third-order valence-corrected chi connectivity index (χ3v) is 4.74. The van der Waals surface area contributed by atoms with Gasteiger partial charge in [-0.2, -0.15) is 0 Å². The van der Waals surface area contributed by atoms with Gasteiger partial charge in [-0.1, -0.05) is 24.3 Å². The van der Waals surface area contributed by atoms with Crippen molar-refractivity contribution in [3.8, 4) is 0 Å². The lowest BCUT2D eigenvalue weighted by atomic mass is 10.1. The van der Waals surface area contributed by atoms with Gasteiger partial charge in [0.05, 0.1) is 0 Å². The van der Waals surface area contributed by atoms with Crippen LogP contribution in [0.2, 0.25) is 0 Å². The quantitative estimate of drug-likeness (QED) is 0.852. The zero-order chi connectivity index (χ0) is 13.4. The standard InChI is InChI=1S/C16H25N3/c1-11(19(2)12-7-8-12)10-18-16-9-15(17)13-5-3-4-6-14(13)16/h3-6,11-12,15-16,18H,7-10,17H2,1-2H3. The Labute approximate surface area is 116 Å². The summed E-state index contributed by atoms with van der Waals surface area (Å²) in [5.74, 6) is 0. The van der Waals surface area contributed by atoms with E-state index in [0.29, 0.717) is 12.1 Å². The van der Waals surface area contributed by atoms with Crippen molar-refractivity contribution in [2.45, 2.75) is 50.4 Å². The molecule has 1 fully saturated rings. The Morgan fingerprint density at radius 3 is 2.68 bits per heavy atom. The Morgan fingerprint density at radius 2 is 2.00 bits per heavy atom. The van der Waals surface area contributed by atoms with Crippen LogP contribution in [-0.2, 0) is 0 Å². The first-order valence-corrected chi connectivity index (χ1v) is 7.46. The lowest BCUT2D eigenvalue weighted by molar-refractivity contribution is 0.235. The average Bonchev–Trinajstić information content (AvgIpc) is 3.22. The molecule has 1 aromatic rings. The molecule has 0 saturated heterocycles. The van der Waals surface area contributed by atoms with Crippen molar-refractivity contribution in [1.82, 2.24) is 10.2 Å². The zero-order valence-corrected chi connectivity index (χ0v) is 12.0. The van der Waals surface area contributed by atoms with Gasteiger partial charge in [0.2, 0.25) is 0 Å². The average molecular weight is 259 g/mol. The molecule has 0 aromatic heterocycles. The first kappa shape index (κ1) is 13.1. The highest BCUT2D eigenvalue weighted by Crippen LogP contribution is 2.37. The highest BCUT2D eigenvalue weighted by molar-refractivity contribution is 5.37. The largest absolute Gasteiger partial charge is 0.324 e. The van der Waals surface area contributed by atoms with Crippen molar-refractivity contribution >= 4 is 0 Å². The predicted molar refractivity (Wildman–Crippen MR) is 79.0 cm³/mol. The minimum Gasteiger partial charge on any atom is -0.324 e. The first-order chi connectivity index (χ1) is 9.16. The summed E-state index contributed by atoms with van der Waals surface area (Å²) in [5, 5.41) is 3.71. The van der Waals surface area contributed by atoms with Gasteiger partial charge >= 0.3 is 0 Å². The van der Waals surface area contributed by atoms with Crippen LogP contribution in [0.4, 0.5) is 0 Å². The number of fused-ring (bicyclic) bond motifs is 1. The van der Waals surface area contributed by atoms with Crippen LogP contribution in [0.15, 0.2) is 24.3 Å². The Kier molecular flexibility index (Phi) is 3.61. The molecule has 0 amide bonds. The Morgan fingerprint density at radius 1 is 1.32 bits per heavy atom. The molecular weight excluding hydrogens is 234 g/mol. The maximum Gasteiger partial charge on any atom is 0.0342 e. The van der Waals surface area contributed by atoms with E-state index in [0.717, 1.165) is 19.0 Å². The summed E-state index contributed by atoms with van der Waals surface area (Å²) >= 11 is 0. The van der Waals surface area contributed by atoms with Crippen LogP contribution in [-0.4, -0.2) is 30.6 Å². The van der Waals surface area contributed by atoms with Crippen molar-refractivity contribution in [2.24, 2.45) is 5.73 Å². The summed E-state index contributed by atoms with van der Waals surface area (Å²) in [4.78, 5) is 2.51. The molecule has 2 aliphatic carbocycles. The summed E-state index contributed by atoms with van der Waals surface area (Å²) in [6.45, 7) is 3.35. The third-order valence-electron chi connectivity index (χ3n) is 4.74. The van der Waals surface area contributed by atoms with E-state index in [1.165, 1.54) is 24.0 Å². The van der Waals surface area contributed by atoms with Crippen LogP contribution in [0.25, 0.3) is 0 Å². The molecule has 0 heterocycles. The number of rotatable bonds is 5. The topological polar surface area (TPSA) is 41.3 Å². The minimum absolute atomic E-state index is 0.199. The molecule has 2 aliphatic rings. The molecule has 3 N–H and O–H groups in total. The maximum atomic E-state index is 6.21. The van der Waals surface area contributed by atoms with Crippen molar-refractivity contribution in [3.05, 3.63) is 35.4 Å². The number of nitrogens with one attached hydrogen (secondary N) is 1. The van der Waals surface area contributed by atoms with E-state index in [1.54, 1.807) is 0 Å². The Hall–Kier alpha value is -0.900. The fourth-order valence-corrected chi connectivity index (χ4v) is 3.17. The third kappa shape index (κ3) is 2.69. The summed E-state index contributed by atoms with van der Waals surface area (Å²) in [6, 6.07) is 10.6. The number of nitrogens with zero attached hydrogens (tertiary/aromatic N) is 1. The van der Waals surface area contributed by atoms with E-state index in [-0.39, 0.29) is 6.04 Å². The van der Waals surface area contributed by atoms with Gasteiger partial charge in [0.15, 0.2) is 0 Å². The fraction of sp³-hybridized carbons (Fsp3) is 0.625. The summed E-state index contributed by atoms with van der Waals surface area (Å²) < 4.78 is 0. The lowest BCUT2D eigenvalue weighted by Crippen LogP contribution is -2.40. The first-order valence-electron chi connectivity index (χ1n) is 7.46. The molecule has 0 aliphatic heterocycles. The SMILES string of the molecule is CC(CNC1CC(N)c2ccccc21)N(C)C1CC1. The van der Waals surface area contributed by atoms with Gasteiger partial charge in [-0.05, 0) is 44.4 Å². The summed E-state index contributed by atoms with van der Waals surface area (Å²) in [7, 11) is 2.25. The second-order valence-electron chi connectivity index (χ2n) is 6.18. The smallest absolute Gasteiger partial charge is 0.0342 e. The fourth-order valence-electron chi connectivity index (χ4n) is 3.17. The van der Waals surface area contributed by atoms with Crippen molar-refractivity contribution < 1.29 is 0 Å². The number of hydrogen-bond acceptors (Lipinski definition) is 3. The Balaban J connectivity index is 1.59. The molecule has 3 atom stereocenters. The van der Waals surface area contributed by atoms with Crippen LogP contribution in [0.3, 0.4) is 0 Å². The van der Waals surface area contributed by atoms with Gasteiger partial charge < -0.3 is 11.1 Å². The van der Waals surface area contributed by atoms with Gasteiger partial charge in [-0.25, -0.2) is 0 Å². The monoisotopic (exact) mass is 259 g/mol. The molecule has 0 bridgehead atoms. The maximum absolute atomic E-state index is 6.21. The second-order valence-corrected chi connectivity index (χ2v) is 6.18. The minimum atomic E-state index is 0.199. The van der Waals surface area contributed by atoms with Gasteiger partial charge in [0.1, 0.15) is 0 Å². The number of nitrogens with two attached hydrogens (primary N) is 1. The van der Waals surface area contributed by atoms with Crippen molar-refractivity contribution in [1.29, 1.82) is 0 Å². The van der Waals surface area contributed by atoms with E-state index in [4.69, 9.17) is 5.73 Å². The zero-order valence-electron chi connectivity index (χ0n) is 12.0. The summed E-state index contributed by atoms with van der Waals surface area (Å²) in [6.07, 6.45) is 3.77. The van der Waals surface area contributed by atoms with E-state index in [2.05, 4.69) is 48.5 Å². The number of benzene rings is 1. The molecule has 0 radical (unpaired) electrons. The van der Waals surface area contributed by atoms with E-state index >= 15 is 0 Å². The normalized spacial score (nSPS) is 27.6. The molecule has 3 heteroatoms. The molecule has 1 saturated carbocycles. The molecule has 1 aromatic carbocycles. The van der Waals surface area contributed by atoms with Gasteiger partial charge in [-0.3, -0.25) is 4.90 Å². The molecule has 104 valence electrons. The molecule has 3 rings (SSSR count). The van der Waals surface area contributed by atoms with Crippen LogP contribution < -0.4 is 11.1 Å². The second kappa shape index (κ2) is 5.23. The van der Waals surface area contributed by atoms with Crippen LogP contribution in [0.1, 0.15) is 49.4 Å². The van der Waals surface area contributed by atoms with E-state index < -0.39 is 0 Å². The molecule has 3 unspecified atom stereocenters. The number of likely N-dealkylation sites (N-methyl/N-ethyl adjacent to an activating group) is 1. The highest BCUT2D eigenvalue weighted by atomic mass is 15.2. The Bertz CT molecular complexity index is 441. The van der Waals surface area contributed by atoms with Gasteiger partial charge in [-0.15, -0.1) is 0 Å². The van der Waals surface area contributed by atoms with Gasteiger partial charge in [0.25, 0.3) is 0 Å². The summed E-state index contributed by atoms with van der Waals surface area (Å²) in [5.41, 5.74) is 8.93. The predicted octanol–water partition coefficient (Wildman–Crippen LogP) is 2.20. The molecule has 3 nitrogen and oxygen atoms in total. The van der Waals surface area contributed by atoms with Gasteiger partial charge in [0, 0.05) is 30.7 Å². The van der Waals surface area contributed by atoms with E-state index in [9.17, 15) is 0 Å². The number of hydrogen-bond donors (Lipinski definition) is 2. The highest BCUT2D eigenvalue weighted by Gasteiger charge is 2.31. The molecule has 19 heavy (non-hydrogen) atoms. The molecular formula is C16H25N3. The lowest BCUT2D eigenvalue weighted by Gasteiger charge is -2.26. The molecule has 0 spiro atoms.